The Balaban J connectivity index is 1.74. The van der Waals surface area contributed by atoms with Gasteiger partial charge in [-0.3, -0.25) is 0 Å². The summed E-state index contributed by atoms with van der Waals surface area (Å²) in [6, 6.07) is 20.8. The highest BCUT2D eigenvalue weighted by molar-refractivity contribution is 14.1. The van der Waals surface area contributed by atoms with Gasteiger partial charge in [0.15, 0.2) is 0 Å². The molecule has 0 amide bonds. The molecule has 0 saturated carbocycles. The maximum atomic E-state index is 2.36. The van der Waals surface area contributed by atoms with Gasteiger partial charge >= 0.3 is 0 Å². The third kappa shape index (κ3) is 5.72. The van der Waals surface area contributed by atoms with Gasteiger partial charge in [0, 0.05) is 36.0 Å². The van der Waals surface area contributed by atoms with Crippen molar-refractivity contribution in [3.05, 3.63) is 83.9 Å². The van der Waals surface area contributed by atoms with Crippen LogP contribution in [0.5, 0.6) is 0 Å². The van der Waals surface area contributed by atoms with Crippen molar-refractivity contribution in [1.29, 1.82) is 0 Å². The Morgan fingerprint density at radius 2 is 1.10 bits per heavy atom. The Labute approximate surface area is 135 Å². The van der Waals surface area contributed by atoms with Crippen LogP contribution in [0.25, 0.3) is 12.2 Å². The lowest BCUT2D eigenvalue weighted by molar-refractivity contribution is 0.628. The molecule has 2 aromatic rings. The number of nitrogens with zero attached hydrogens (tertiary/aromatic N) is 1. The first kappa shape index (κ1) is 15.0. The topological polar surface area (TPSA) is 3.24 Å². The predicted molar refractivity (Wildman–Crippen MR) is 96.5 cm³/mol. The van der Waals surface area contributed by atoms with Gasteiger partial charge in [-0.1, -0.05) is 85.0 Å². The molecule has 0 radical (unpaired) electrons. The highest BCUT2D eigenvalue weighted by Gasteiger charge is 1.93. The van der Waals surface area contributed by atoms with E-state index in [0.29, 0.717) is 0 Å². The fraction of sp³-hybridized carbons (Fsp3) is 0.111. The number of hydrogen-bond acceptors (Lipinski definition) is 1. The first-order valence-electron chi connectivity index (χ1n) is 6.68. The lowest BCUT2D eigenvalue weighted by atomic mass is 10.2. The molecule has 0 aliphatic heterocycles. The molecule has 0 atom stereocenters. The van der Waals surface area contributed by atoms with Gasteiger partial charge in [-0.25, -0.2) is 3.11 Å². The quantitative estimate of drug-likeness (QED) is 0.504. The Hall–Kier alpha value is -1.39. The minimum absolute atomic E-state index is 0.939. The summed E-state index contributed by atoms with van der Waals surface area (Å²) in [5.41, 5.74) is 2.49. The van der Waals surface area contributed by atoms with Crippen LogP contribution in [0, 0.1) is 0 Å². The molecule has 0 aromatic heterocycles. The van der Waals surface area contributed by atoms with Crippen LogP contribution in [0.1, 0.15) is 11.1 Å². The second-order valence-electron chi connectivity index (χ2n) is 4.45. The summed E-state index contributed by atoms with van der Waals surface area (Å²) in [7, 11) is 0. The van der Waals surface area contributed by atoms with Crippen LogP contribution < -0.4 is 0 Å². The zero-order valence-electron chi connectivity index (χ0n) is 11.3. The number of halogens is 1. The second kappa shape index (κ2) is 8.72. The minimum Gasteiger partial charge on any atom is -0.240 e. The molecule has 102 valence electrons. The van der Waals surface area contributed by atoms with Crippen LogP contribution in [0.3, 0.4) is 0 Å². The Bertz CT molecular complexity index is 495. The van der Waals surface area contributed by atoms with E-state index in [-0.39, 0.29) is 0 Å². The van der Waals surface area contributed by atoms with Gasteiger partial charge in [0.25, 0.3) is 0 Å². The zero-order valence-corrected chi connectivity index (χ0v) is 13.5. The molecular formula is C18H18IN. The van der Waals surface area contributed by atoms with E-state index >= 15 is 0 Å². The summed E-state index contributed by atoms with van der Waals surface area (Å²) in [4.78, 5) is 0. The summed E-state index contributed by atoms with van der Waals surface area (Å²) in [5, 5.41) is 0. The Morgan fingerprint density at radius 1 is 0.700 bits per heavy atom. The van der Waals surface area contributed by atoms with Crippen molar-refractivity contribution in [2.75, 3.05) is 13.1 Å². The fourth-order valence-corrected chi connectivity index (χ4v) is 2.26. The van der Waals surface area contributed by atoms with E-state index in [2.05, 4.69) is 98.8 Å². The molecule has 2 rings (SSSR count). The SMILES string of the molecule is IN(C/C=C/c1ccccc1)C/C=C/c1ccccc1. The van der Waals surface area contributed by atoms with Gasteiger partial charge in [0.05, 0.1) is 0 Å². The molecule has 0 spiro atoms. The number of hydrogen-bond donors (Lipinski definition) is 0. The van der Waals surface area contributed by atoms with E-state index in [4.69, 9.17) is 0 Å². The molecule has 1 nitrogen and oxygen atoms in total. The van der Waals surface area contributed by atoms with Crippen molar-refractivity contribution >= 4 is 35.0 Å². The van der Waals surface area contributed by atoms with Gasteiger partial charge in [-0.2, -0.15) is 0 Å². The average molecular weight is 375 g/mol. The highest BCUT2D eigenvalue weighted by Crippen LogP contribution is 2.05. The summed E-state index contributed by atoms with van der Waals surface area (Å²) in [6.45, 7) is 1.88. The summed E-state index contributed by atoms with van der Waals surface area (Å²) >= 11 is 2.36. The molecule has 0 N–H and O–H groups in total. The van der Waals surface area contributed by atoms with Crippen molar-refractivity contribution in [1.82, 2.24) is 3.11 Å². The van der Waals surface area contributed by atoms with Crippen LogP contribution in [-0.4, -0.2) is 16.2 Å². The first-order valence-corrected chi connectivity index (χ1v) is 7.65. The standard InChI is InChI=1S/C18H18IN/c19-20(15-7-13-17-9-3-1-4-10-17)16-8-14-18-11-5-2-6-12-18/h1-14H,15-16H2/b13-7+,14-8+. The van der Waals surface area contributed by atoms with Crippen LogP contribution in [-0.2, 0) is 0 Å². The fourth-order valence-electron chi connectivity index (χ4n) is 1.81. The molecule has 2 aromatic carbocycles. The molecule has 0 bridgehead atoms. The Kier molecular flexibility index (Phi) is 6.54. The van der Waals surface area contributed by atoms with Crippen molar-refractivity contribution in [2.24, 2.45) is 0 Å². The van der Waals surface area contributed by atoms with Gasteiger partial charge in [-0.15, -0.1) is 0 Å². The lowest BCUT2D eigenvalue weighted by Gasteiger charge is -2.08. The maximum absolute atomic E-state index is 2.36. The van der Waals surface area contributed by atoms with Gasteiger partial charge in [-0.05, 0) is 11.1 Å². The predicted octanol–water partition coefficient (Wildman–Crippen LogP) is 5.07. The molecule has 20 heavy (non-hydrogen) atoms. The number of benzene rings is 2. The average Bonchev–Trinajstić information content (AvgIpc) is 2.49. The second-order valence-corrected chi connectivity index (χ2v) is 5.82. The van der Waals surface area contributed by atoms with Crippen molar-refractivity contribution in [3.63, 3.8) is 0 Å². The van der Waals surface area contributed by atoms with Crippen LogP contribution >= 0.6 is 22.9 Å². The normalized spacial score (nSPS) is 11.7. The van der Waals surface area contributed by atoms with E-state index < -0.39 is 0 Å². The van der Waals surface area contributed by atoms with Gasteiger partial charge in [0.2, 0.25) is 0 Å². The van der Waals surface area contributed by atoms with Crippen molar-refractivity contribution in [3.8, 4) is 0 Å². The Morgan fingerprint density at radius 3 is 1.50 bits per heavy atom. The maximum Gasteiger partial charge on any atom is 0.0268 e. The molecule has 0 saturated heterocycles. The lowest BCUT2D eigenvalue weighted by Crippen LogP contribution is -2.10. The largest absolute Gasteiger partial charge is 0.240 e. The molecule has 0 aliphatic rings. The summed E-state index contributed by atoms with van der Waals surface area (Å²) < 4.78 is 2.25. The van der Waals surface area contributed by atoms with E-state index in [1.165, 1.54) is 11.1 Å². The monoisotopic (exact) mass is 375 g/mol. The zero-order chi connectivity index (χ0) is 14.0. The van der Waals surface area contributed by atoms with Crippen molar-refractivity contribution < 1.29 is 0 Å². The van der Waals surface area contributed by atoms with E-state index in [0.717, 1.165) is 13.1 Å². The highest BCUT2D eigenvalue weighted by atomic mass is 127. The number of rotatable bonds is 6. The van der Waals surface area contributed by atoms with E-state index in [1.807, 2.05) is 12.1 Å². The van der Waals surface area contributed by atoms with Crippen LogP contribution in [0.15, 0.2) is 72.8 Å². The van der Waals surface area contributed by atoms with E-state index in [9.17, 15) is 0 Å². The van der Waals surface area contributed by atoms with Crippen LogP contribution in [0.4, 0.5) is 0 Å². The third-order valence-electron chi connectivity index (χ3n) is 2.83. The molecule has 0 fully saturated rings. The van der Waals surface area contributed by atoms with E-state index in [1.54, 1.807) is 0 Å². The van der Waals surface area contributed by atoms with Crippen LogP contribution in [0.2, 0.25) is 0 Å². The molecule has 2 heteroatoms. The summed E-state index contributed by atoms with van der Waals surface area (Å²) in [5.74, 6) is 0. The van der Waals surface area contributed by atoms with Gasteiger partial charge in [0.1, 0.15) is 0 Å². The molecule has 0 heterocycles. The molecule has 0 unspecified atom stereocenters. The van der Waals surface area contributed by atoms with Gasteiger partial charge < -0.3 is 0 Å². The first-order chi connectivity index (χ1) is 9.84. The minimum atomic E-state index is 0.939. The smallest absolute Gasteiger partial charge is 0.0268 e. The molecular weight excluding hydrogens is 357 g/mol. The summed E-state index contributed by atoms with van der Waals surface area (Å²) in [6.07, 6.45) is 8.70. The molecule has 0 aliphatic carbocycles. The van der Waals surface area contributed by atoms with Crippen molar-refractivity contribution in [2.45, 2.75) is 0 Å². The third-order valence-corrected chi connectivity index (χ3v) is 3.61.